The standard InChI is InChI=1S/C11H16N2O4S/c1-7(14)3-5-18-8-6-10(16)13(11(8)17)4-2-9(12)15/h8H,2-6H2,1H3,(H2,12,15). The molecule has 6 nitrogen and oxygen atoms in total. The number of nitrogens with zero attached hydrogens (tertiary/aromatic N) is 1. The average Bonchev–Trinajstić information content (AvgIpc) is 2.51. The van der Waals surface area contributed by atoms with Crippen molar-refractivity contribution in [2.24, 2.45) is 5.73 Å². The molecule has 1 aliphatic heterocycles. The van der Waals surface area contributed by atoms with Crippen molar-refractivity contribution in [1.82, 2.24) is 4.90 Å². The normalized spacial score (nSPS) is 19.4. The van der Waals surface area contributed by atoms with Gasteiger partial charge in [-0.25, -0.2) is 0 Å². The molecule has 1 rings (SSSR count). The van der Waals surface area contributed by atoms with Crippen molar-refractivity contribution >= 4 is 35.3 Å². The zero-order valence-corrected chi connectivity index (χ0v) is 11.0. The van der Waals surface area contributed by atoms with Gasteiger partial charge in [-0.05, 0) is 6.92 Å². The predicted molar refractivity (Wildman–Crippen MR) is 66.7 cm³/mol. The van der Waals surface area contributed by atoms with Crippen LogP contribution in [0.5, 0.6) is 0 Å². The second kappa shape index (κ2) is 6.53. The highest BCUT2D eigenvalue weighted by Crippen LogP contribution is 2.25. The fraction of sp³-hybridized carbons (Fsp3) is 0.636. The number of imide groups is 1. The molecule has 1 fully saturated rings. The highest BCUT2D eigenvalue weighted by atomic mass is 32.2. The summed E-state index contributed by atoms with van der Waals surface area (Å²) in [5.41, 5.74) is 4.98. The molecule has 2 N–H and O–H groups in total. The van der Waals surface area contributed by atoms with E-state index in [0.717, 1.165) is 4.90 Å². The molecule has 0 aliphatic carbocycles. The van der Waals surface area contributed by atoms with Gasteiger partial charge in [0.15, 0.2) is 0 Å². The second-order valence-electron chi connectivity index (χ2n) is 4.12. The third kappa shape index (κ3) is 4.14. The number of Topliss-reactive ketones (excluding diaryl/α,β-unsaturated/α-hetero) is 1. The Morgan fingerprint density at radius 2 is 2.06 bits per heavy atom. The Hall–Kier alpha value is -1.37. The first-order chi connectivity index (χ1) is 8.41. The number of hydrogen-bond acceptors (Lipinski definition) is 5. The van der Waals surface area contributed by atoms with Crippen molar-refractivity contribution in [3.05, 3.63) is 0 Å². The number of ketones is 1. The average molecular weight is 272 g/mol. The lowest BCUT2D eigenvalue weighted by atomic mass is 10.3. The Balaban J connectivity index is 2.45. The molecule has 1 aliphatic rings. The number of carbonyl (C=O) groups excluding carboxylic acids is 4. The van der Waals surface area contributed by atoms with Gasteiger partial charge < -0.3 is 5.73 Å². The van der Waals surface area contributed by atoms with Crippen LogP contribution in [0.15, 0.2) is 0 Å². The van der Waals surface area contributed by atoms with Crippen LogP contribution in [0.1, 0.15) is 26.2 Å². The summed E-state index contributed by atoms with van der Waals surface area (Å²) >= 11 is 1.31. The smallest absolute Gasteiger partial charge is 0.242 e. The summed E-state index contributed by atoms with van der Waals surface area (Å²) < 4.78 is 0. The lowest BCUT2D eigenvalue weighted by Gasteiger charge is -2.13. The van der Waals surface area contributed by atoms with Gasteiger partial charge in [-0.3, -0.25) is 24.1 Å². The van der Waals surface area contributed by atoms with Crippen LogP contribution in [0.3, 0.4) is 0 Å². The minimum atomic E-state index is -0.539. The molecule has 18 heavy (non-hydrogen) atoms. The monoisotopic (exact) mass is 272 g/mol. The third-order valence-electron chi connectivity index (χ3n) is 2.56. The number of primary amides is 1. The van der Waals surface area contributed by atoms with Gasteiger partial charge in [-0.2, -0.15) is 0 Å². The molecule has 1 heterocycles. The van der Waals surface area contributed by atoms with E-state index in [1.165, 1.54) is 18.7 Å². The van der Waals surface area contributed by atoms with Crippen molar-refractivity contribution in [2.75, 3.05) is 12.3 Å². The van der Waals surface area contributed by atoms with E-state index in [-0.39, 0.29) is 37.0 Å². The fourth-order valence-corrected chi connectivity index (χ4v) is 2.80. The summed E-state index contributed by atoms with van der Waals surface area (Å²) in [5.74, 6) is -0.507. The molecule has 0 saturated carbocycles. The molecule has 1 unspecified atom stereocenters. The van der Waals surface area contributed by atoms with E-state index < -0.39 is 11.2 Å². The van der Waals surface area contributed by atoms with Crippen molar-refractivity contribution in [1.29, 1.82) is 0 Å². The molecule has 0 aromatic rings. The molecule has 0 aromatic heterocycles. The summed E-state index contributed by atoms with van der Waals surface area (Å²) in [4.78, 5) is 45.9. The Kier molecular flexibility index (Phi) is 5.33. The van der Waals surface area contributed by atoms with E-state index >= 15 is 0 Å². The molecule has 0 aromatic carbocycles. The van der Waals surface area contributed by atoms with Crippen LogP contribution in [-0.2, 0) is 19.2 Å². The summed E-state index contributed by atoms with van der Waals surface area (Å²) in [6.45, 7) is 1.54. The number of carbonyl (C=O) groups is 4. The minimum absolute atomic E-state index is 0.0116. The largest absolute Gasteiger partial charge is 0.370 e. The summed E-state index contributed by atoms with van der Waals surface area (Å²) in [7, 11) is 0. The predicted octanol–water partition coefficient (Wildman–Crippen LogP) is -0.298. The van der Waals surface area contributed by atoms with Gasteiger partial charge in [0.05, 0.1) is 5.25 Å². The molecule has 100 valence electrons. The van der Waals surface area contributed by atoms with Gasteiger partial charge in [0.25, 0.3) is 0 Å². The number of thioether (sulfide) groups is 1. The van der Waals surface area contributed by atoms with E-state index in [0.29, 0.717) is 12.2 Å². The molecule has 7 heteroatoms. The van der Waals surface area contributed by atoms with Crippen molar-refractivity contribution in [3.63, 3.8) is 0 Å². The van der Waals surface area contributed by atoms with Crippen LogP contribution in [0.25, 0.3) is 0 Å². The van der Waals surface area contributed by atoms with Crippen LogP contribution in [0.4, 0.5) is 0 Å². The quantitative estimate of drug-likeness (QED) is 0.642. The van der Waals surface area contributed by atoms with Crippen LogP contribution in [-0.4, -0.2) is 46.0 Å². The van der Waals surface area contributed by atoms with E-state index in [1.54, 1.807) is 0 Å². The molecule has 1 saturated heterocycles. The minimum Gasteiger partial charge on any atom is -0.370 e. The highest BCUT2D eigenvalue weighted by molar-refractivity contribution is 8.00. The summed E-state index contributed by atoms with van der Waals surface area (Å²) in [6.07, 6.45) is 0.520. The fourth-order valence-electron chi connectivity index (χ4n) is 1.58. The maximum Gasteiger partial charge on any atom is 0.242 e. The maximum atomic E-state index is 11.9. The first-order valence-electron chi connectivity index (χ1n) is 5.65. The SMILES string of the molecule is CC(=O)CCSC1CC(=O)N(CCC(N)=O)C1=O. The van der Waals surface area contributed by atoms with Gasteiger partial charge in [0.1, 0.15) is 5.78 Å². The number of rotatable bonds is 7. The zero-order chi connectivity index (χ0) is 13.7. The Labute approximate surface area is 109 Å². The van der Waals surface area contributed by atoms with Gasteiger partial charge in [0.2, 0.25) is 17.7 Å². The van der Waals surface area contributed by atoms with E-state index in [9.17, 15) is 19.2 Å². The van der Waals surface area contributed by atoms with E-state index in [1.807, 2.05) is 0 Å². The number of hydrogen-bond donors (Lipinski definition) is 1. The lowest BCUT2D eigenvalue weighted by molar-refractivity contribution is -0.138. The Morgan fingerprint density at radius 3 is 2.61 bits per heavy atom. The molecule has 0 spiro atoms. The van der Waals surface area contributed by atoms with Crippen molar-refractivity contribution < 1.29 is 19.2 Å². The third-order valence-corrected chi connectivity index (χ3v) is 3.77. The molecule has 3 amide bonds. The number of nitrogens with two attached hydrogens (primary N) is 1. The molecule has 0 radical (unpaired) electrons. The van der Waals surface area contributed by atoms with Gasteiger partial charge >= 0.3 is 0 Å². The van der Waals surface area contributed by atoms with Crippen LogP contribution < -0.4 is 5.73 Å². The van der Waals surface area contributed by atoms with Gasteiger partial charge in [-0.15, -0.1) is 11.8 Å². The zero-order valence-electron chi connectivity index (χ0n) is 10.2. The van der Waals surface area contributed by atoms with E-state index in [4.69, 9.17) is 5.73 Å². The molecule has 1 atom stereocenters. The van der Waals surface area contributed by atoms with Crippen molar-refractivity contribution in [3.8, 4) is 0 Å². The topological polar surface area (TPSA) is 97.5 Å². The van der Waals surface area contributed by atoms with E-state index in [2.05, 4.69) is 0 Å². The summed E-state index contributed by atoms with van der Waals surface area (Å²) in [5, 5.41) is -0.426. The van der Waals surface area contributed by atoms with Gasteiger partial charge in [-0.1, -0.05) is 0 Å². The first kappa shape index (κ1) is 14.7. The Morgan fingerprint density at radius 1 is 1.39 bits per heavy atom. The van der Waals surface area contributed by atoms with Crippen LogP contribution in [0, 0.1) is 0 Å². The second-order valence-corrected chi connectivity index (χ2v) is 5.43. The lowest BCUT2D eigenvalue weighted by Crippen LogP contribution is -2.34. The Bertz CT molecular complexity index is 383. The molecular weight excluding hydrogens is 256 g/mol. The number of amides is 3. The molecular formula is C11H16N2O4S. The van der Waals surface area contributed by atoms with Crippen molar-refractivity contribution in [2.45, 2.75) is 31.4 Å². The van der Waals surface area contributed by atoms with Crippen LogP contribution >= 0.6 is 11.8 Å². The maximum absolute atomic E-state index is 11.9. The number of likely N-dealkylation sites (tertiary alicyclic amines) is 1. The van der Waals surface area contributed by atoms with Gasteiger partial charge in [0, 0.05) is 31.6 Å². The first-order valence-corrected chi connectivity index (χ1v) is 6.70. The highest BCUT2D eigenvalue weighted by Gasteiger charge is 2.38. The summed E-state index contributed by atoms with van der Waals surface area (Å²) in [6, 6.07) is 0. The molecule has 0 bridgehead atoms. The van der Waals surface area contributed by atoms with Crippen LogP contribution in [0.2, 0.25) is 0 Å².